The Hall–Kier alpha value is -2.45. The van der Waals surface area contributed by atoms with Gasteiger partial charge in [0.15, 0.2) is 11.6 Å². The number of rotatable bonds is 6. The Labute approximate surface area is 209 Å². The van der Waals surface area contributed by atoms with Gasteiger partial charge in [0.1, 0.15) is 5.41 Å². The zero-order valence-corrected chi connectivity index (χ0v) is 20.3. The second-order valence-electron chi connectivity index (χ2n) is 7.55. The van der Waals surface area contributed by atoms with Gasteiger partial charge >= 0.3 is 6.03 Å². The number of hydrogen-bond donors (Lipinski definition) is 0. The van der Waals surface area contributed by atoms with Crippen LogP contribution in [0.25, 0.3) is 0 Å². The molecule has 0 N–H and O–H groups in total. The van der Waals surface area contributed by atoms with E-state index in [1.54, 1.807) is 0 Å². The fourth-order valence-corrected chi connectivity index (χ4v) is 4.18. The second-order valence-corrected chi connectivity index (χ2v) is 9.18. The number of halogens is 4. The molecule has 0 unspecified atom stereocenters. The zero-order valence-electron chi connectivity index (χ0n) is 17.3. The van der Waals surface area contributed by atoms with Gasteiger partial charge in [0, 0.05) is 38.1 Å². The number of nitrogens with zero attached hydrogens (tertiary/aromatic N) is 2. The molecule has 7 nitrogen and oxygen atoms in total. The number of benzene rings is 2. The smallest absolute Gasteiger partial charge is 0.294 e. The van der Waals surface area contributed by atoms with Gasteiger partial charge in [-0.1, -0.05) is 46.4 Å². The van der Waals surface area contributed by atoms with Gasteiger partial charge in [0.05, 0.1) is 20.1 Å². The Morgan fingerprint density at radius 3 is 1.39 bits per heavy atom. The summed E-state index contributed by atoms with van der Waals surface area (Å²) in [5.74, 6) is -3.18. The fourth-order valence-electron chi connectivity index (χ4n) is 3.59. The number of hydrogen-bond acceptors (Lipinski definition) is 5. The fraction of sp³-hybridized carbons (Fsp3) is 0.227. The van der Waals surface area contributed by atoms with E-state index in [0.29, 0.717) is 9.80 Å². The SMILES string of the molecule is CN1C(=O)N(C)C(=O)C(CC(=O)c2ccc(Cl)c(Cl)c2)(CC(=O)c2ccc(Cl)c(Cl)c2)C1=O. The van der Waals surface area contributed by atoms with Crippen LogP contribution in [0.2, 0.25) is 20.1 Å². The number of urea groups is 1. The predicted molar refractivity (Wildman–Crippen MR) is 124 cm³/mol. The minimum Gasteiger partial charge on any atom is -0.294 e. The van der Waals surface area contributed by atoms with E-state index in [1.807, 2.05) is 0 Å². The van der Waals surface area contributed by atoms with E-state index in [1.165, 1.54) is 50.5 Å². The summed E-state index contributed by atoms with van der Waals surface area (Å²) in [5.41, 5.74) is -1.97. The van der Waals surface area contributed by atoms with Gasteiger partial charge in [-0.15, -0.1) is 0 Å². The predicted octanol–water partition coefficient (Wildman–Crippen LogP) is 5.18. The van der Waals surface area contributed by atoms with Crippen LogP contribution in [0.4, 0.5) is 4.79 Å². The van der Waals surface area contributed by atoms with E-state index < -0.39 is 47.7 Å². The number of barbiturate groups is 1. The molecule has 2 aromatic carbocycles. The zero-order chi connectivity index (χ0) is 24.7. The first-order valence-electron chi connectivity index (χ1n) is 9.46. The van der Waals surface area contributed by atoms with Gasteiger partial charge in [-0.3, -0.25) is 29.0 Å². The number of ketones is 2. The van der Waals surface area contributed by atoms with E-state index in [0.717, 1.165) is 0 Å². The lowest BCUT2D eigenvalue weighted by atomic mass is 9.73. The molecule has 1 fully saturated rings. The first-order chi connectivity index (χ1) is 15.4. The Kier molecular flexibility index (Phi) is 7.19. The summed E-state index contributed by atoms with van der Waals surface area (Å²) in [6, 6.07) is 7.31. The van der Waals surface area contributed by atoms with Crippen LogP contribution >= 0.6 is 46.4 Å². The highest BCUT2D eigenvalue weighted by molar-refractivity contribution is 6.42. The van der Waals surface area contributed by atoms with Crippen LogP contribution in [0.3, 0.4) is 0 Å². The van der Waals surface area contributed by atoms with Crippen LogP contribution < -0.4 is 0 Å². The number of carbonyl (C=O) groups is 5. The van der Waals surface area contributed by atoms with E-state index in [4.69, 9.17) is 46.4 Å². The minimum absolute atomic E-state index is 0.0913. The van der Waals surface area contributed by atoms with Crippen molar-refractivity contribution >= 4 is 75.8 Å². The molecule has 1 aliphatic heterocycles. The van der Waals surface area contributed by atoms with Gasteiger partial charge in [-0.2, -0.15) is 0 Å². The van der Waals surface area contributed by atoms with Crippen molar-refractivity contribution in [3.8, 4) is 0 Å². The second kappa shape index (κ2) is 9.43. The van der Waals surface area contributed by atoms with E-state index >= 15 is 0 Å². The number of Topliss-reactive ketones (excluding diaryl/α,β-unsaturated/α-hetero) is 2. The van der Waals surface area contributed by atoms with Crippen LogP contribution in [0.1, 0.15) is 33.6 Å². The van der Waals surface area contributed by atoms with E-state index in [9.17, 15) is 24.0 Å². The summed E-state index contributed by atoms with van der Waals surface area (Å²) in [7, 11) is 2.35. The molecular formula is C22H16Cl4N2O5. The number of imide groups is 2. The Bertz CT molecular complexity index is 1120. The molecule has 3 rings (SSSR count). The largest absolute Gasteiger partial charge is 0.332 e. The third kappa shape index (κ3) is 4.64. The maximum atomic E-state index is 13.2. The summed E-state index contributed by atoms with van der Waals surface area (Å²) in [6.45, 7) is 0. The molecule has 172 valence electrons. The van der Waals surface area contributed by atoms with Gasteiger partial charge in [0.2, 0.25) is 11.8 Å². The normalized spacial score (nSPS) is 15.8. The molecule has 33 heavy (non-hydrogen) atoms. The Balaban J connectivity index is 2.06. The molecule has 0 bridgehead atoms. The van der Waals surface area contributed by atoms with Crippen molar-refractivity contribution in [3.63, 3.8) is 0 Å². The van der Waals surface area contributed by atoms with Crippen LogP contribution in [-0.4, -0.2) is 53.3 Å². The maximum Gasteiger partial charge on any atom is 0.332 e. The minimum atomic E-state index is -2.15. The molecule has 0 radical (unpaired) electrons. The highest BCUT2D eigenvalue weighted by Gasteiger charge is 2.57. The molecule has 0 atom stereocenters. The lowest BCUT2D eigenvalue weighted by Crippen LogP contribution is -2.64. The Morgan fingerprint density at radius 1 is 0.697 bits per heavy atom. The molecule has 11 heteroatoms. The molecule has 1 heterocycles. The average Bonchev–Trinajstić information content (AvgIpc) is 2.78. The quantitative estimate of drug-likeness (QED) is 0.379. The average molecular weight is 530 g/mol. The van der Waals surface area contributed by atoms with Crippen LogP contribution in [0.5, 0.6) is 0 Å². The van der Waals surface area contributed by atoms with Crippen LogP contribution in [0.15, 0.2) is 36.4 Å². The van der Waals surface area contributed by atoms with Crippen molar-refractivity contribution in [3.05, 3.63) is 67.6 Å². The molecule has 4 amide bonds. The molecule has 0 aromatic heterocycles. The molecule has 0 spiro atoms. The number of amides is 4. The van der Waals surface area contributed by atoms with Gasteiger partial charge in [-0.05, 0) is 36.4 Å². The highest BCUT2D eigenvalue weighted by atomic mass is 35.5. The topological polar surface area (TPSA) is 91.8 Å². The first kappa shape index (κ1) is 25.2. The first-order valence-corrected chi connectivity index (χ1v) is 11.0. The lowest BCUT2D eigenvalue weighted by Gasteiger charge is -2.41. The third-order valence-corrected chi connectivity index (χ3v) is 6.89. The molecule has 1 saturated heterocycles. The van der Waals surface area contributed by atoms with Gasteiger partial charge < -0.3 is 0 Å². The van der Waals surface area contributed by atoms with E-state index in [2.05, 4.69) is 0 Å². The third-order valence-electron chi connectivity index (χ3n) is 5.41. The molecular weight excluding hydrogens is 514 g/mol. The maximum absolute atomic E-state index is 13.2. The Morgan fingerprint density at radius 2 is 1.06 bits per heavy atom. The molecule has 0 aliphatic carbocycles. The summed E-state index contributed by atoms with van der Waals surface area (Å²) < 4.78 is 0. The van der Waals surface area contributed by atoms with Crippen molar-refractivity contribution < 1.29 is 24.0 Å². The molecule has 1 aliphatic rings. The summed E-state index contributed by atoms with van der Waals surface area (Å²) >= 11 is 23.8. The van der Waals surface area contributed by atoms with Crippen molar-refractivity contribution in [2.24, 2.45) is 5.41 Å². The lowest BCUT2D eigenvalue weighted by molar-refractivity contribution is -0.156. The van der Waals surface area contributed by atoms with Gasteiger partial charge in [0.25, 0.3) is 0 Å². The summed E-state index contributed by atoms with van der Waals surface area (Å²) in [6.07, 6.45) is -1.34. The standard InChI is InChI=1S/C22H16Cl4N2O5/c1-27-19(31)22(20(32)28(2)21(27)33,9-17(29)11-3-5-13(23)15(25)7-11)10-18(30)12-4-6-14(24)16(26)8-12/h3-8H,9-10H2,1-2H3. The number of carbonyl (C=O) groups excluding carboxylic acids is 5. The van der Waals surface area contributed by atoms with Gasteiger partial charge in [-0.25, -0.2) is 4.79 Å². The molecule has 0 saturated carbocycles. The van der Waals surface area contributed by atoms with Crippen molar-refractivity contribution in [2.75, 3.05) is 14.1 Å². The van der Waals surface area contributed by atoms with Crippen molar-refractivity contribution in [1.82, 2.24) is 9.80 Å². The highest BCUT2D eigenvalue weighted by Crippen LogP contribution is 2.38. The molecule has 2 aromatic rings. The summed E-state index contributed by atoms with van der Waals surface area (Å²) in [5, 5.41) is 0.642. The summed E-state index contributed by atoms with van der Waals surface area (Å²) in [4.78, 5) is 66.4. The monoisotopic (exact) mass is 528 g/mol. The van der Waals surface area contributed by atoms with Crippen molar-refractivity contribution in [1.29, 1.82) is 0 Å². The van der Waals surface area contributed by atoms with E-state index in [-0.39, 0.29) is 31.2 Å². The van der Waals surface area contributed by atoms with Crippen molar-refractivity contribution in [2.45, 2.75) is 12.8 Å². The van der Waals surface area contributed by atoms with Crippen LogP contribution in [-0.2, 0) is 9.59 Å². The van der Waals surface area contributed by atoms with Crippen LogP contribution in [0, 0.1) is 5.41 Å².